The van der Waals surface area contributed by atoms with Gasteiger partial charge in [-0.25, -0.2) is 8.42 Å². The summed E-state index contributed by atoms with van der Waals surface area (Å²) in [5.41, 5.74) is -0.949. The number of alkyl halides is 3. The first-order valence-electron chi connectivity index (χ1n) is 8.73. The minimum Gasteiger partial charge on any atom is -0.377 e. The molecule has 28 heavy (non-hydrogen) atoms. The number of para-hydroxylation sites is 1. The van der Waals surface area contributed by atoms with Gasteiger partial charge in [-0.3, -0.25) is 4.79 Å². The quantitative estimate of drug-likeness (QED) is 0.734. The molecule has 1 saturated heterocycles. The largest absolute Gasteiger partial charge is 0.418 e. The Balaban J connectivity index is 1.76. The summed E-state index contributed by atoms with van der Waals surface area (Å²) in [6.07, 6.45) is -2.96. The van der Waals surface area contributed by atoms with Gasteiger partial charge in [0.05, 0.1) is 17.0 Å². The number of carbonyl (C=O) groups excluding carboxylic acids is 1. The normalized spacial score (nSPS) is 15.5. The fraction of sp³-hybridized carbons (Fsp3) is 0.316. The molecule has 1 aliphatic rings. The summed E-state index contributed by atoms with van der Waals surface area (Å²) in [6, 6.07) is 10.5. The molecule has 0 aromatic heterocycles. The van der Waals surface area contributed by atoms with E-state index in [1.165, 1.54) is 46.8 Å². The summed E-state index contributed by atoms with van der Waals surface area (Å²) >= 11 is 0. The molecule has 1 fully saturated rings. The number of nitrogens with one attached hydrogen (secondary N) is 1. The van der Waals surface area contributed by atoms with Crippen molar-refractivity contribution in [2.45, 2.75) is 23.9 Å². The molecule has 1 N–H and O–H groups in total. The lowest BCUT2D eigenvalue weighted by atomic mass is 10.1. The van der Waals surface area contributed by atoms with Crippen LogP contribution < -0.4 is 5.32 Å². The summed E-state index contributed by atoms with van der Waals surface area (Å²) in [4.78, 5) is 12.4. The third kappa shape index (κ3) is 4.36. The van der Waals surface area contributed by atoms with Crippen LogP contribution in [0.4, 0.5) is 18.9 Å². The molecule has 0 bridgehead atoms. The SMILES string of the molecule is O=C(CNc1ccccc1C(F)(F)F)c1cccc(S(=O)(=O)N2CCCC2)c1. The third-order valence-corrected chi connectivity index (χ3v) is 6.43. The van der Waals surface area contributed by atoms with Crippen LogP contribution in [0.5, 0.6) is 0 Å². The van der Waals surface area contributed by atoms with Crippen LogP contribution in [0.3, 0.4) is 0 Å². The van der Waals surface area contributed by atoms with Gasteiger partial charge in [-0.1, -0.05) is 24.3 Å². The molecule has 9 heteroatoms. The van der Waals surface area contributed by atoms with Gasteiger partial charge in [-0.05, 0) is 37.1 Å². The van der Waals surface area contributed by atoms with Crippen LogP contribution in [0.15, 0.2) is 53.4 Å². The Hall–Kier alpha value is -2.39. The lowest BCUT2D eigenvalue weighted by Crippen LogP contribution is -2.28. The first-order chi connectivity index (χ1) is 13.2. The van der Waals surface area contributed by atoms with Gasteiger partial charge in [0.25, 0.3) is 0 Å². The Labute approximate surface area is 161 Å². The predicted molar refractivity (Wildman–Crippen MR) is 98.7 cm³/mol. The van der Waals surface area contributed by atoms with Crippen molar-refractivity contribution in [3.8, 4) is 0 Å². The molecule has 0 spiro atoms. The zero-order chi connectivity index (χ0) is 20.4. The molecule has 2 aromatic carbocycles. The molecule has 0 radical (unpaired) electrons. The minimum atomic E-state index is -4.55. The summed E-state index contributed by atoms with van der Waals surface area (Å²) in [7, 11) is -3.68. The van der Waals surface area contributed by atoms with E-state index in [1.807, 2.05) is 0 Å². The molecule has 1 aliphatic heterocycles. The van der Waals surface area contributed by atoms with Crippen LogP contribution in [-0.4, -0.2) is 38.1 Å². The van der Waals surface area contributed by atoms with Crippen LogP contribution in [0.2, 0.25) is 0 Å². The zero-order valence-corrected chi connectivity index (χ0v) is 15.7. The minimum absolute atomic E-state index is 0.0101. The molecule has 0 amide bonds. The number of nitrogens with zero attached hydrogens (tertiary/aromatic N) is 1. The lowest BCUT2D eigenvalue weighted by Gasteiger charge is -2.16. The van der Waals surface area contributed by atoms with E-state index in [0.29, 0.717) is 13.1 Å². The van der Waals surface area contributed by atoms with E-state index in [-0.39, 0.29) is 22.7 Å². The standard InChI is InChI=1S/C19H19F3N2O3S/c20-19(21,22)16-8-1-2-9-17(16)23-13-18(25)14-6-5-7-15(12-14)28(26,27)24-10-3-4-11-24/h1-2,5-9,12,23H,3-4,10-11,13H2. The number of hydrogen-bond acceptors (Lipinski definition) is 4. The summed E-state index contributed by atoms with van der Waals surface area (Å²) in [6.45, 7) is 0.493. The second-order valence-electron chi connectivity index (χ2n) is 6.46. The van der Waals surface area contributed by atoms with E-state index in [0.717, 1.165) is 18.9 Å². The fourth-order valence-electron chi connectivity index (χ4n) is 3.07. The Morgan fingerprint density at radius 1 is 1.04 bits per heavy atom. The fourth-order valence-corrected chi connectivity index (χ4v) is 4.63. The van der Waals surface area contributed by atoms with E-state index in [9.17, 15) is 26.4 Å². The van der Waals surface area contributed by atoms with Crippen LogP contribution in [0, 0.1) is 0 Å². The van der Waals surface area contributed by atoms with Crippen molar-refractivity contribution in [1.82, 2.24) is 4.31 Å². The van der Waals surface area contributed by atoms with Gasteiger partial charge < -0.3 is 5.32 Å². The number of sulfonamides is 1. The van der Waals surface area contributed by atoms with Crippen molar-refractivity contribution in [2.75, 3.05) is 25.0 Å². The smallest absolute Gasteiger partial charge is 0.377 e. The Bertz CT molecular complexity index is 968. The maximum absolute atomic E-state index is 13.0. The van der Waals surface area contributed by atoms with E-state index >= 15 is 0 Å². The van der Waals surface area contributed by atoms with Crippen LogP contribution in [0.1, 0.15) is 28.8 Å². The number of hydrogen-bond donors (Lipinski definition) is 1. The van der Waals surface area contributed by atoms with Gasteiger partial charge in [0.2, 0.25) is 10.0 Å². The number of ketones is 1. The van der Waals surface area contributed by atoms with Crippen molar-refractivity contribution in [1.29, 1.82) is 0 Å². The number of rotatable bonds is 6. The van der Waals surface area contributed by atoms with Crippen LogP contribution >= 0.6 is 0 Å². The molecule has 2 aromatic rings. The first-order valence-corrected chi connectivity index (χ1v) is 10.2. The number of anilines is 1. The highest BCUT2D eigenvalue weighted by Gasteiger charge is 2.33. The Morgan fingerprint density at radius 2 is 1.71 bits per heavy atom. The zero-order valence-electron chi connectivity index (χ0n) is 14.9. The number of Topliss-reactive ketones (excluding diaryl/α,β-unsaturated/α-hetero) is 1. The van der Waals surface area contributed by atoms with Gasteiger partial charge >= 0.3 is 6.18 Å². The van der Waals surface area contributed by atoms with E-state index in [4.69, 9.17) is 0 Å². The average Bonchev–Trinajstić information content (AvgIpc) is 3.21. The van der Waals surface area contributed by atoms with Gasteiger partial charge in [0.15, 0.2) is 5.78 Å². The molecule has 150 valence electrons. The van der Waals surface area contributed by atoms with Crippen molar-refractivity contribution in [2.24, 2.45) is 0 Å². The Kier molecular flexibility index (Phi) is 5.76. The Morgan fingerprint density at radius 3 is 2.39 bits per heavy atom. The van der Waals surface area contributed by atoms with Gasteiger partial charge in [-0.2, -0.15) is 17.5 Å². The molecule has 3 rings (SSSR count). The second-order valence-corrected chi connectivity index (χ2v) is 8.40. The monoisotopic (exact) mass is 412 g/mol. The maximum atomic E-state index is 13.0. The van der Waals surface area contributed by atoms with Crippen molar-refractivity contribution >= 4 is 21.5 Å². The first kappa shape index (κ1) is 20.3. The molecule has 5 nitrogen and oxygen atoms in total. The maximum Gasteiger partial charge on any atom is 0.418 e. The number of benzene rings is 2. The predicted octanol–water partition coefficient (Wildman–Crippen LogP) is 3.78. The van der Waals surface area contributed by atoms with Gasteiger partial charge in [0, 0.05) is 24.3 Å². The van der Waals surface area contributed by atoms with E-state index in [1.54, 1.807) is 0 Å². The highest BCUT2D eigenvalue weighted by atomic mass is 32.2. The topological polar surface area (TPSA) is 66.5 Å². The molecule has 0 saturated carbocycles. The summed E-state index contributed by atoms with van der Waals surface area (Å²) < 4.78 is 65.7. The summed E-state index contributed by atoms with van der Waals surface area (Å²) in [5, 5.41) is 2.50. The van der Waals surface area contributed by atoms with Gasteiger partial charge in [-0.15, -0.1) is 0 Å². The number of halogens is 3. The molecule has 0 unspecified atom stereocenters. The number of carbonyl (C=O) groups is 1. The van der Waals surface area contributed by atoms with E-state index < -0.39 is 27.5 Å². The van der Waals surface area contributed by atoms with E-state index in [2.05, 4.69) is 5.32 Å². The highest BCUT2D eigenvalue weighted by Crippen LogP contribution is 2.34. The van der Waals surface area contributed by atoms with Crippen molar-refractivity contribution in [3.63, 3.8) is 0 Å². The second kappa shape index (κ2) is 7.92. The molecule has 1 heterocycles. The molecular weight excluding hydrogens is 393 g/mol. The van der Waals surface area contributed by atoms with Crippen molar-refractivity contribution in [3.05, 3.63) is 59.7 Å². The van der Waals surface area contributed by atoms with Crippen molar-refractivity contribution < 1.29 is 26.4 Å². The average molecular weight is 412 g/mol. The molecule has 0 atom stereocenters. The van der Waals surface area contributed by atoms with Gasteiger partial charge in [0.1, 0.15) is 0 Å². The lowest BCUT2D eigenvalue weighted by molar-refractivity contribution is -0.136. The van der Waals surface area contributed by atoms with Crippen LogP contribution in [0.25, 0.3) is 0 Å². The summed E-state index contributed by atoms with van der Waals surface area (Å²) in [5.74, 6) is -0.504. The molecule has 0 aliphatic carbocycles. The van der Waals surface area contributed by atoms with Crippen LogP contribution in [-0.2, 0) is 16.2 Å². The third-order valence-electron chi connectivity index (χ3n) is 4.53. The highest BCUT2D eigenvalue weighted by molar-refractivity contribution is 7.89. The molecular formula is C19H19F3N2O3S.